The Bertz CT molecular complexity index is 826. The number of nitrogens with zero attached hydrogens (tertiary/aromatic N) is 2. The van der Waals surface area contributed by atoms with E-state index < -0.39 is 0 Å². The number of carbonyl (C=O) groups excluding carboxylic acids is 1. The van der Waals surface area contributed by atoms with Crippen molar-refractivity contribution in [3.05, 3.63) is 71.5 Å². The molecule has 3 rings (SSSR count). The summed E-state index contributed by atoms with van der Waals surface area (Å²) < 4.78 is 13.2. The smallest absolute Gasteiger partial charge is 0.223 e. The van der Waals surface area contributed by atoms with Gasteiger partial charge >= 0.3 is 0 Å². The van der Waals surface area contributed by atoms with Crippen molar-refractivity contribution >= 4 is 11.6 Å². The third-order valence-corrected chi connectivity index (χ3v) is 4.58. The Kier molecular flexibility index (Phi) is 6.12. The van der Waals surface area contributed by atoms with E-state index in [2.05, 4.69) is 5.16 Å². The van der Waals surface area contributed by atoms with Gasteiger partial charge in [-0.15, -0.1) is 0 Å². The number of carbonyl (C=O) groups is 1. The lowest BCUT2D eigenvalue weighted by Gasteiger charge is -2.28. The second kappa shape index (κ2) is 8.55. The molecule has 1 heterocycles. The van der Waals surface area contributed by atoms with Gasteiger partial charge in [-0.1, -0.05) is 68.4 Å². The number of amides is 1. The molecule has 0 N–H and O–H groups in total. The Morgan fingerprint density at radius 2 is 1.82 bits per heavy atom. The summed E-state index contributed by atoms with van der Waals surface area (Å²) in [6.07, 6.45) is 0.916. The first-order chi connectivity index (χ1) is 13.3. The number of halogens is 1. The van der Waals surface area contributed by atoms with Gasteiger partial charge in [0.1, 0.15) is 5.82 Å². The van der Waals surface area contributed by atoms with Crippen molar-refractivity contribution in [2.75, 3.05) is 6.54 Å². The predicted molar refractivity (Wildman–Crippen MR) is 108 cm³/mol. The Hall–Kier alpha value is -2.69. The Labute approximate surface area is 166 Å². The highest BCUT2D eigenvalue weighted by Crippen LogP contribution is 2.23. The Morgan fingerprint density at radius 3 is 2.46 bits per heavy atom. The molecule has 0 spiro atoms. The number of rotatable bonds is 6. The number of hydrogen-bond acceptors (Lipinski definition) is 3. The minimum absolute atomic E-state index is 0.0635. The lowest BCUT2D eigenvalue weighted by atomic mass is 9.91. The minimum Gasteiger partial charge on any atom is -0.390 e. The van der Waals surface area contributed by atoms with Crippen LogP contribution in [0, 0.1) is 11.2 Å². The molecule has 4 nitrogen and oxygen atoms in total. The van der Waals surface area contributed by atoms with Crippen molar-refractivity contribution < 1.29 is 14.0 Å². The lowest BCUT2D eigenvalue weighted by Crippen LogP contribution is -2.38. The van der Waals surface area contributed by atoms with Crippen molar-refractivity contribution in [1.82, 2.24) is 4.90 Å². The highest BCUT2D eigenvalue weighted by molar-refractivity contribution is 6.01. The van der Waals surface area contributed by atoms with E-state index in [1.807, 2.05) is 51.1 Å². The zero-order valence-electron chi connectivity index (χ0n) is 16.7. The minimum atomic E-state index is -0.281. The molecule has 148 valence electrons. The SMILES string of the molecule is CC(C)(C)CC(=O)N(Cc1ccc(F)cc1)CC1CC(c2ccccc2)=NO1. The fraction of sp³-hybridized carbons (Fsp3) is 0.391. The van der Waals surface area contributed by atoms with Crippen LogP contribution in [-0.4, -0.2) is 29.2 Å². The van der Waals surface area contributed by atoms with E-state index in [4.69, 9.17) is 4.84 Å². The molecular formula is C23H27FN2O2. The molecule has 0 saturated heterocycles. The largest absolute Gasteiger partial charge is 0.390 e. The van der Waals surface area contributed by atoms with Crippen molar-refractivity contribution in [1.29, 1.82) is 0 Å². The summed E-state index contributed by atoms with van der Waals surface area (Å²) in [6, 6.07) is 16.2. The van der Waals surface area contributed by atoms with Gasteiger partial charge in [-0.25, -0.2) is 4.39 Å². The van der Waals surface area contributed by atoms with E-state index in [0.29, 0.717) is 25.9 Å². The highest BCUT2D eigenvalue weighted by Gasteiger charge is 2.28. The van der Waals surface area contributed by atoms with Gasteiger partial charge in [-0.2, -0.15) is 0 Å². The molecule has 0 radical (unpaired) electrons. The molecule has 1 unspecified atom stereocenters. The van der Waals surface area contributed by atoms with Gasteiger partial charge in [0, 0.05) is 19.4 Å². The third-order valence-electron chi connectivity index (χ3n) is 4.58. The van der Waals surface area contributed by atoms with Gasteiger partial charge in [0.2, 0.25) is 5.91 Å². The second-order valence-electron chi connectivity index (χ2n) is 8.47. The maximum absolute atomic E-state index is 13.2. The maximum Gasteiger partial charge on any atom is 0.223 e. The first-order valence-electron chi connectivity index (χ1n) is 9.60. The van der Waals surface area contributed by atoms with Crippen LogP contribution in [0.2, 0.25) is 0 Å². The summed E-state index contributed by atoms with van der Waals surface area (Å²) in [5.74, 6) is -0.218. The zero-order valence-corrected chi connectivity index (χ0v) is 16.7. The topological polar surface area (TPSA) is 41.9 Å². The van der Waals surface area contributed by atoms with E-state index in [1.165, 1.54) is 12.1 Å². The van der Waals surface area contributed by atoms with E-state index in [9.17, 15) is 9.18 Å². The zero-order chi connectivity index (χ0) is 20.1. The van der Waals surface area contributed by atoms with Crippen LogP contribution < -0.4 is 0 Å². The van der Waals surface area contributed by atoms with Crippen LogP contribution in [0.25, 0.3) is 0 Å². The van der Waals surface area contributed by atoms with E-state index in [-0.39, 0.29) is 23.2 Å². The van der Waals surface area contributed by atoms with Crippen molar-refractivity contribution in [2.45, 2.75) is 46.3 Å². The summed E-state index contributed by atoms with van der Waals surface area (Å²) >= 11 is 0. The standard InChI is InChI=1S/C23H27FN2O2/c1-23(2,3)14-22(27)26(15-17-9-11-19(24)12-10-17)16-20-13-21(25-28-20)18-7-5-4-6-8-18/h4-12,20H,13-16H2,1-3H3. The molecule has 1 atom stereocenters. The fourth-order valence-corrected chi connectivity index (χ4v) is 3.20. The molecule has 2 aromatic carbocycles. The fourth-order valence-electron chi connectivity index (χ4n) is 3.20. The maximum atomic E-state index is 13.2. The summed E-state index contributed by atoms with van der Waals surface area (Å²) in [7, 11) is 0. The molecule has 5 heteroatoms. The second-order valence-corrected chi connectivity index (χ2v) is 8.47. The van der Waals surface area contributed by atoms with Gasteiger partial charge in [0.25, 0.3) is 0 Å². The Balaban J connectivity index is 1.68. The molecular weight excluding hydrogens is 355 g/mol. The van der Waals surface area contributed by atoms with Crippen molar-refractivity contribution in [3.8, 4) is 0 Å². The van der Waals surface area contributed by atoms with Crippen LogP contribution in [-0.2, 0) is 16.2 Å². The van der Waals surface area contributed by atoms with Crippen molar-refractivity contribution in [3.63, 3.8) is 0 Å². The summed E-state index contributed by atoms with van der Waals surface area (Å²) in [5, 5.41) is 4.22. The average Bonchev–Trinajstić information content (AvgIpc) is 3.11. The normalized spacial score (nSPS) is 16.4. The lowest BCUT2D eigenvalue weighted by molar-refractivity contribution is -0.135. The quantitative estimate of drug-likeness (QED) is 0.721. The number of benzene rings is 2. The van der Waals surface area contributed by atoms with Crippen LogP contribution >= 0.6 is 0 Å². The van der Waals surface area contributed by atoms with Crippen LogP contribution in [0.3, 0.4) is 0 Å². The van der Waals surface area contributed by atoms with Gasteiger partial charge in [0.15, 0.2) is 6.10 Å². The molecule has 28 heavy (non-hydrogen) atoms. The molecule has 0 aromatic heterocycles. The molecule has 1 aliphatic rings. The molecule has 1 amide bonds. The van der Waals surface area contributed by atoms with Crippen LogP contribution in [0.5, 0.6) is 0 Å². The van der Waals surface area contributed by atoms with Gasteiger partial charge < -0.3 is 9.74 Å². The summed E-state index contributed by atoms with van der Waals surface area (Å²) in [5.41, 5.74) is 2.72. The molecule has 0 fully saturated rings. The first kappa shape index (κ1) is 20.1. The summed E-state index contributed by atoms with van der Waals surface area (Å²) in [4.78, 5) is 20.3. The molecule has 0 saturated carbocycles. The number of oxime groups is 1. The molecule has 0 aliphatic carbocycles. The first-order valence-corrected chi connectivity index (χ1v) is 9.60. The predicted octanol–water partition coefficient (Wildman–Crippen LogP) is 4.78. The van der Waals surface area contributed by atoms with E-state index in [1.54, 1.807) is 17.0 Å². The van der Waals surface area contributed by atoms with Crippen LogP contribution in [0.15, 0.2) is 59.8 Å². The summed E-state index contributed by atoms with van der Waals surface area (Å²) in [6.45, 7) is 7.01. The molecule has 2 aromatic rings. The van der Waals surface area contributed by atoms with E-state index in [0.717, 1.165) is 16.8 Å². The van der Waals surface area contributed by atoms with Crippen LogP contribution in [0.1, 0.15) is 44.7 Å². The van der Waals surface area contributed by atoms with Crippen LogP contribution in [0.4, 0.5) is 4.39 Å². The third kappa shape index (κ3) is 5.65. The van der Waals surface area contributed by atoms with E-state index >= 15 is 0 Å². The molecule has 1 aliphatic heterocycles. The average molecular weight is 382 g/mol. The van der Waals surface area contributed by atoms with Gasteiger partial charge in [-0.3, -0.25) is 4.79 Å². The van der Waals surface area contributed by atoms with Crippen molar-refractivity contribution in [2.24, 2.45) is 10.6 Å². The van der Waals surface area contributed by atoms with Gasteiger partial charge in [-0.05, 0) is 28.7 Å². The highest BCUT2D eigenvalue weighted by atomic mass is 19.1. The Morgan fingerprint density at radius 1 is 1.14 bits per heavy atom. The monoisotopic (exact) mass is 382 g/mol. The van der Waals surface area contributed by atoms with Gasteiger partial charge in [0.05, 0.1) is 12.3 Å². The molecule has 0 bridgehead atoms. The number of hydrogen-bond donors (Lipinski definition) is 0.